The van der Waals surface area contributed by atoms with Crippen molar-refractivity contribution in [1.82, 2.24) is 24.6 Å². The summed E-state index contributed by atoms with van der Waals surface area (Å²) in [6.45, 7) is 3.96. The molecular formula is C16H12ClN5. The molecule has 5 nitrogen and oxygen atoms in total. The van der Waals surface area contributed by atoms with Gasteiger partial charge in [0.15, 0.2) is 11.5 Å². The summed E-state index contributed by atoms with van der Waals surface area (Å²) in [5.41, 5.74) is 4.39. The zero-order valence-corrected chi connectivity index (χ0v) is 12.8. The maximum atomic E-state index is 5.99. The van der Waals surface area contributed by atoms with Crippen LogP contribution >= 0.6 is 11.6 Å². The average Bonchev–Trinajstić information content (AvgIpc) is 2.87. The summed E-state index contributed by atoms with van der Waals surface area (Å²) in [7, 11) is 0. The number of imidazole rings is 1. The third kappa shape index (κ3) is 2.10. The molecule has 6 heteroatoms. The van der Waals surface area contributed by atoms with Crippen molar-refractivity contribution in [3.8, 4) is 11.5 Å². The fourth-order valence-electron chi connectivity index (χ4n) is 2.48. The Morgan fingerprint density at radius 2 is 1.95 bits per heavy atom. The van der Waals surface area contributed by atoms with Crippen molar-refractivity contribution < 1.29 is 0 Å². The molecule has 22 heavy (non-hydrogen) atoms. The third-order valence-electron chi connectivity index (χ3n) is 3.50. The Kier molecular flexibility index (Phi) is 2.84. The molecule has 0 spiro atoms. The minimum absolute atomic E-state index is 0.589. The maximum absolute atomic E-state index is 5.99. The second-order valence-electron chi connectivity index (χ2n) is 5.26. The molecule has 0 amide bonds. The van der Waals surface area contributed by atoms with E-state index in [9.17, 15) is 0 Å². The molecular weight excluding hydrogens is 298 g/mol. The second kappa shape index (κ2) is 4.74. The topological polar surface area (TPSA) is 56.0 Å². The van der Waals surface area contributed by atoms with Gasteiger partial charge in [-0.3, -0.25) is 0 Å². The Balaban J connectivity index is 1.92. The zero-order chi connectivity index (χ0) is 15.3. The minimum Gasteiger partial charge on any atom is -0.234 e. The minimum atomic E-state index is 0.589. The van der Waals surface area contributed by atoms with Gasteiger partial charge in [0, 0.05) is 16.6 Å². The van der Waals surface area contributed by atoms with Crippen molar-refractivity contribution in [3.63, 3.8) is 0 Å². The van der Waals surface area contributed by atoms with Gasteiger partial charge in [-0.1, -0.05) is 11.6 Å². The Hall–Kier alpha value is -2.53. The summed E-state index contributed by atoms with van der Waals surface area (Å²) in [6, 6.07) is 7.51. The Bertz CT molecular complexity index is 1020. The number of halogens is 1. The monoisotopic (exact) mass is 309 g/mol. The van der Waals surface area contributed by atoms with Crippen molar-refractivity contribution in [2.24, 2.45) is 0 Å². The number of aryl methyl sites for hydroxylation is 2. The molecule has 0 aliphatic heterocycles. The lowest BCUT2D eigenvalue weighted by Gasteiger charge is -2.04. The molecule has 0 N–H and O–H groups in total. The van der Waals surface area contributed by atoms with Crippen LogP contribution in [0.15, 0.2) is 36.7 Å². The van der Waals surface area contributed by atoms with E-state index in [1.165, 1.54) is 0 Å². The van der Waals surface area contributed by atoms with Crippen LogP contribution in [-0.2, 0) is 0 Å². The summed E-state index contributed by atoms with van der Waals surface area (Å²) in [5.74, 6) is 0.589. The van der Waals surface area contributed by atoms with Gasteiger partial charge in [0.2, 0.25) is 0 Å². The van der Waals surface area contributed by atoms with Crippen LogP contribution in [-0.4, -0.2) is 24.6 Å². The molecule has 3 heterocycles. The number of rotatable bonds is 1. The summed E-state index contributed by atoms with van der Waals surface area (Å²) in [5, 5.41) is 6.14. The molecule has 0 saturated carbocycles. The predicted octanol–water partition coefficient (Wildman–Crippen LogP) is 3.61. The van der Waals surface area contributed by atoms with Crippen LogP contribution in [0.4, 0.5) is 0 Å². The molecule has 108 valence electrons. The normalized spacial score (nSPS) is 11.4. The highest BCUT2D eigenvalue weighted by Gasteiger charge is 2.10. The quantitative estimate of drug-likeness (QED) is 0.539. The number of nitrogens with zero attached hydrogens (tertiary/aromatic N) is 5. The highest BCUT2D eigenvalue weighted by atomic mass is 35.5. The van der Waals surface area contributed by atoms with Gasteiger partial charge < -0.3 is 0 Å². The fraction of sp³-hybridized carbons (Fsp3) is 0.125. The molecule has 0 atom stereocenters. The van der Waals surface area contributed by atoms with Crippen LogP contribution in [0.25, 0.3) is 28.1 Å². The molecule has 4 rings (SSSR count). The maximum Gasteiger partial charge on any atom is 0.180 e. The van der Waals surface area contributed by atoms with E-state index in [1.807, 2.05) is 44.3 Å². The average molecular weight is 310 g/mol. The lowest BCUT2D eigenvalue weighted by Crippen LogP contribution is -1.99. The van der Waals surface area contributed by atoms with Crippen molar-refractivity contribution in [3.05, 3.63) is 52.9 Å². The Morgan fingerprint density at radius 3 is 2.82 bits per heavy atom. The van der Waals surface area contributed by atoms with Gasteiger partial charge in [-0.2, -0.15) is 5.10 Å². The van der Waals surface area contributed by atoms with Crippen molar-refractivity contribution in [1.29, 1.82) is 0 Å². The van der Waals surface area contributed by atoms with Crippen LogP contribution < -0.4 is 0 Å². The molecule has 0 bridgehead atoms. The van der Waals surface area contributed by atoms with Gasteiger partial charge in [-0.15, -0.1) is 0 Å². The van der Waals surface area contributed by atoms with Crippen LogP contribution in [0.3, 0.4) is 0 Å². The molecule has 4 aromatic rings. The lowest BCUT2D eigenvalue weighted by atomic mass is 10.2. The summed E-state index contributed by atoms with van der Waals surface area (Å²) >= 11 is 5.99. The van der Waals surface area contributed by atoms with Gasteiger partial charge in [0.25, 0.3) is 0 Å². The summed E-state index contributed by atoms with van der Waals surface area (Å²) < 4.78 is 1.77. The molecule has 0 aliphatic rings. The van der Waals surface area contributed by atoms with Gasteiger partial charge >= 0.3 is 0 Å². The van der Waals surface area contributed by atoms with Gasteiger partial charge in [-0.25, -0.2) is 19.5 Å². The number of hydrogen-bond acceptors (Lipinski definition) is 4. The van der Waals surface area contributed by atoms with Crippen molar-refractivity contribution >= 4 is 28.2 Å². The van der Waals surface area contributed by atoms with E-state index in [2.05, 4.69) is 20.1 Å². The zero-order valence-electron chi connectivity index (χ0n) is 12.1. The Morgan fingerprint density at radius 1 is 1.09 bits per heavy atom. The summed E-state index contributed by atoms with van der Waals surface area (Å²) in [4.78, 5) is 13.4. The number of aromatic nitrogens is 5. The molecule has 0 fully saturated rings. The van der Waals surface area contributed by atoms with E-state index in [0.29, 0.717) is 10.8 Å². The lowest BCUT2D eigenvalue weighted by molar-refractivity contribution is 0.923. The highest BCUT2D eigenvalue weighted by Crippen LogP contribution is 2.21. The first-order valence-electron chi connectivity index (χ1n) is 6.86. The SMILES string of the molecule is Cc1cn2nc(-c3ncc4cc(Cl)ccc4n3)cc(C)c2n1. The summed E-state index contributed by atoms with van der Waals surface area (Å²) in [6.07, 6.45) is 3.66. The largest absolute Gasteiger partial charge is 0.234 e. The molecule has 3 aromatic heterocycles. The first kappa shape index (κ1) is 13.2. The van der Waals surface area contributed by atoms with Crippen LogP contribution in [0.1, 0.15) is 11.3 Å². The highest BCUT2D eigenvalue weighted by molar-refractivity contribution is 6.31. The number of benzene rings is 1. The number of hydrogen-bond donors (Lipinski definition) is 0. The molecule has 1 aromatic carbocycles. The van der Waals surface area contributed by atoms with E-state index < -0.39 is 0 Å². The molecule has 0 aliphatic carbocycles. The van der Waals surface area contributed by atoms with E-state index in [-0.39, 0.29) is 0 Å². The number of fused-ring (bicyclic) bond motifs is 2. The molecule has 0 saturated heterocycles. The Labute approximate surface area is 131 Å². The van der Waals surface area contributed by atoms with Gasteiger partial charge in [0.1, 0.15) is 5.69 Å². The van der Waals surface area contributed by atoms with Gasteiger partial charge in [0.05, 0.1) is 17.4 Å². The third-order valence-corrected chi connectivity index (χ3v) is 3.74. The fourth-order valence-corrected chi connectivity index (χ4v) is 2.66. The van der Waals surface area contributed by atoms with E-state index >= 15 is 0 Å². The van der Waals surface area contributed by atoms with Crippen LogP contribution in [0.2, 0.25) is 5.02 Å². The van der Waals surface area contributed by atoms with Gasteiger partial charge in [-0.05, 0) is 43.7 Å². The van der Waals surface area contributed by atoms with E-state index in [0.717, 1.165) is 33.5 Å². The van der Waals surface area contributed by atoms with E-state index in [4.69, 9.17) is 11.6 Å². The van der Waals surface area contributed by atoms with Crippen molar-refractivity contribution in [2.75, 3.05) is 0 Å². The van der Waals surface area contributed by atoms with Crippen molar-refractivity contribution in [2.45, 2.75) is 13.8 Å². The predicted molar refractivity (Wildman–Crippen MR) is 86.0 cm³/mol. The molecule has 0 radical (unpaired) electrons. The van der Waals surface area contributed by atoms with E-state index in [1.54, 1.807) is 10.7 Å². The standard InChI is InChI=1S/C16H12ClN5/c1-9-5-14(21-22-8-10(2)19-16(9)22)15-18-7-11-6-12(17)3-4-13(11)20-15/h3-8H,1-2H3. The smallest absolute Gasteiger partial charge is 0.180 e. The molecule has 0 unspecified atom stereocenters. The second-order valence-corrected chi connectivity index (χ2v) is 5.70. The first-order valence-corrected chi connectivity index (χ1v) is 7.24. The van der Waals surface area contributed by atoms with Crippen LogP contribution in [0.5, 0.6) is 0 Å². The first-order chi connectivity index (χ1) is 10.6. The van der Waals surface area contributed by atoms with Crippen LogP contribution in [0, 0.1) is 13.8 Å².